The van der Waals surface area contributed by atoms with Crippen LogP contribution in [0.15, 0.2) is 0 Å². The molecule has 0 amide bonds. The molecule has 0 aliphatic carbocycles. The van der Waals surface area contributed by atoms with Gasteiger partial charge >= 0.3 is 31.3 Å². The van der Waals surface area contributed by atoms with E-state index in [4.69, 9.17) is 0 Å². The lowest BCUT2D eigenvalue weighted by atomic mass is 11.6. The highest BCUT2D eigenvalue weighted by molar-refractivity contribution is 9.05. The summed E-state index contributed by atoms with van der Waals surface area (Å²) >= 11 is 0. The molecule has 0 saturated carbocycles. The SMILES string of the molecule is CS(C)(OS(=O)(=O)C(F)(F)F)S(C)(C)OS(=O)(=O)C(F)(F)F. The second kappa shape index (κ2) is 5.87. The predicted octanol–water partition coefficient (Wildman–Crippen LogP) is 2.59. The van der Waals surface area contributed by atoms with Crippen LogP contribution in [-0.2, 0) is 27.5 Å². The first-order chi connectivity index (χ1) is 9.16. The largest absolute Gasteiger partial charge is 0.523 e. The van der Waals surface area contributed by atoms with Gasteiger partial charge in [0.15, 0.2) is 0 Å². The Bertz CT molecular complexity index is 559. The fourth-order valence-electron chi connectivity index (χ4n) is 0.642. The molecule has 0 aromatic heterocycles. The summed E-state index contributed by atoms with van der Waals surface area (Å²) in [6, 6.07) is 0. The molecule has 22 heavy (non-hydrogen) atoms. The van der Waals surface area contributed by atoms with E-state index in [1.165, 1.54) is 0 Å². The van der Waals surface area contributed by atoms with Crippen LogP contribution in [0.25, 0.3) is 0 Å². The zero-order valence-corrected chi connectivity index (χ0v) is 14.6. The van der Waals surface area contributed by atoms with Crippen LogP contribution >= 0.6 is 18.7 Å². The summed E-state index contributed by atoms with van der Waals surface area (Å²) in [5.74, 6) is 0. The summed E-state index contributed by atoms with van der Waals surface area (Å²) in [5, 5.41) is 0. The van der Waals surface area contributed by atoms with Crippen LogP contribution < -0.4 is 0 Å². The van der Waals surface area contributed by atoms with Crippen molar-refractivity contribution in [2.75, 3.05) is 25.0 Å². The molecule has 6 nitrogen and oxygen atoms in total. The molecular weight excluding hydrogens is 410 g/mol. The number of hydrogen-bond donors (Lipinski definition) is 0. The highest BCUT2D eigenvalue weighted by Gasteiger charge is 2.55. The molecule has 0 aromatic carbocycles. The molecule has 0 atom stereocenters. The maximum Gasteiger partial charge on any atom is 0.523 e. The van der Waals surface area contributed by atoms with E-state index in [1.807, 2.05) is 0 Å². The van der Waals surface area contributed by atoms with Crippen molar-refractivity contribution in [1.82, 2.24) is 0 Å². The third-order valence-corrected chi connectivity index (χ3v) is 16.0. The maximum atomic E-state index is 12.2. The third kappa shape index (κ3) is 4.80. The van der Waals surface area contributed by atoms with Gasteiger partial charge in [0.2, 0.25) is 0 Å². The monoisotopic (exact) mass is 422 g/mol. The molecule has 0 spiro atoms. The highest BCUT2D eigenvalue weighted by atomic mass is 33.2. The Morgan fingerprint density at radius 2 is 0.773 bits per heavy atom. The van der Waals surface area contributed by atoms with E-state index < -0.39 is 49.9 Å². The minimum Gasteiger partial charge on any atom is -0.203 e. The molecule has 0 N–H and O–H groups in total. The summed E-state index contributed by atoms with van der Waals surface area (Å²) in [4.78, 5) is 0. The lowest BCUT2D eigenvalue weighted by molar-refractivity contribution is -0.0502. The quantitative estimate of drug-likeness (QED) is 0.385. The van der Waals surface area contributed by atoms with Gasteiger partial charge in [-0.1, -0.05) is 18.7 Å². The molecule has 0 unspecified atom stereocenters. The minimum absolute atomic E-state index is 0.748. The van der Waals surface area contributed by atoms with Crippen molar-refractivity contribution >= 4 is 38.9 Å². The Balaban J connectivity index is 5.63. The van der Waals surface area contributed by atoms with E-state index >= 15 is 0 Å². The Morgan fingerprint density at radius 3 is 0.909 bits per heavy atom. The van der Waals surface area contributed by atoms with Crippen LogP contribution in [0.5, 0.6) is 0 Å². The Labute approximate surface area is 125 Å². The van der Waals surface area contributed by atoms with Crippen molar-refractivity contribution in [3.63, 3.8) is 0 Å². The topological polar surface area (TPSA) is 86.7 Å². The van der Waals surface area contributed by atoms with Gasteiger partial charge in [0.1, 0.15) is 0 Å². The van der Waals surface area contributed by atoms with Crippen molar-refractivity contribution in [3.8, 4) is 0 Å². The van der Waals surface area contributed by atoms with Crippen LogP contribution in [0.2, 0.25) is 0 Å². The van der Waals surface area contributed by atoms with Crippen molar-refractivity contribution in [1.29, 1.82) is 0 Å². The average molecular weight is 422 g/mol. The summed E-state index contributed by atoms with van der Waals surface area (Å²) in [7, 11) is -19.3. The minimum atomic E-state index is -6.13. The van der Waals surface area contributed by atoms with E-state index in [9.17, 15) is 43.2 Å². The highest BCUT2D eigenvalue weighted by Crippen LogP contribution is 2.77. The second-order valence-electron chi connectivity index (χ2n) is 4.22. The number of halogens is 6. The maximum absolute atomic E-state index is 12.2. The first-order valence-corrected chi connectivity index (χ1v) is 12.8. The fraction of sp³-hybridized carbons (Fsp3) is 1.00. The van der Waals surface area contributed by atoms with Crippen LogP contribution in [0.1, 0.15) is 0 Å². The van der Waals surface area contributed by atoms with Crippen molar-refractivity contribution in [2.24, 2.45) is 0 Å². The van der Waals surface area contributed by atoms with Crippen LogP contribution in [0.3, 0.4) is 0 Å². The Kier molecular flexibility index (Phi) is 5.90. The summed E-state index contributed by atoms with van der Waals surface area (Å²) in [6.45, 7) is 0. The number of rotatable bonds is 5. The molecule has 0 aliphatic heterocycles. The summed E-state index contributed by atoms with van der Waals surface area (Å²) in [6.07, 6.45) is 2.99. The van der Waals surface area contributed by atoms with E-state index in [-0.39, 0.29) is 0 Å². The van der Waals surface area contributed by atoms with Gasteiger partial charge in [-0.2, -0.15) is 43.2 Å². The standard InChI is InChI=1S/C6H12F6O6S4/c1-19(2,17-21(13,14)5(7,8)9)20(3,4)18-22(15,16)6(10,11)12/h1-4H3. The first kappa shape index (κ1) is 22.1. The van der Waals surface area contributed by atoms with Gasteiger partial charge in [0, 0.05) is 0 Å². The fourth-order valence-corrected chi connectivity index (χ4v) is 9.51. The lowest BCUT2D eigenvalue weighted by Crippen LogP contribution is -2.31. The van der Waals surface area contributed by atoms with Crippen LogP contribution in [-0.4, -0.2) is 52.9 Å². The van der Waals surface area contributed by atoms with Gasteiger partial charge in [-0.25, -0.2) is 7.26 Å². The first-order valence-electron chi connectivity index (χ1n) is 4.68. The van der Waals surface area contributed by atoms with E-state index in [1.54, 1.807) is 0 Å². The van der Waals surface area contributed by atoms with E-state index in [0.717, 1.165) is 25.0 Å². The predicted molar refractivity (Wildman–Crippen MR) is 71.0 cm³/mol. The van der Waals surface area contributed by atoms with Gasteiger partial charge in [-0.3, -0.25) is 0 Å². The molecule has 0 aliphatic rings. The van der Waals surface area contributed by atoms with Crippen molar-refractivity contribution in [3.05, 3.63) is 0 Å². The second-order valence-corrected chi connectivity index (χ2v) is 17.4. The van der Waals surface area contributed by atoms with E-state index in [2.05, 4.69) is 7.26 Å². The third-order valence-electron chi connectivity index (χ3n) is 2.04. The molecule has 16 heteroatoms. The molecule has 0 heterocycles. The molecule has 0 bridgehead atoms. The van der Waals surface area contributed by atoms with Gasteiger partial charge in [0.25, 0.3) is 0 Å². The zero-order chi connectivity index (χ0) is 18.4. The molecule has 0 radical (unpaired) electrons. The molecular formula is C6H12F6O6S4. The summed E-state index contributed by atoms with van der Waals surface area (Å²) < 4.78 is 125. The number of alkyl halides is 6. The molecule has 0 aromatic rings. The van der Waals surface area contributed by atoms with Crippen LogP contribution in [0, 0.1) is 0 Å². The Hall–Kier alpha value is 0.1000. The van der Waals surface area contributed by atoms with E-state index in [0.29, 0.717) is 0 Å². The summed E-state index contributed by atoms with van der Waals surface area (Å²) in [5.41, 5.74) is -11.6. The molecule has 0 rings (SSSR count). The normalized spacial score (nSPS) is 17.4. The average Bonchev–Trinajstić information content (AvgIpc) is 2.09. The van der Waals surface area contributed by atoms with Crippen molar-refractivity contribution < 1.29 is 50.4 Å². The molecule has 0 saturated heterocycles. The lowest BCUT2D eigenvalue weighted by Gasteiger charge is -2.46. The Morgan fingerprint density at radius 1 is 0.591 bits per heavy atom. The van der Waals surface area contributed by atoms with Gasteiger partial charge in [-0.05, 0) is 25.0 Å². The van der Waals surface area contributed by atoms with Gasteiger partial charge in [0.05, 0.1) is 0 Å². The number of hydrogen-bond acceptors (Lipinski definition) is 6. The van der Waals surface area contributed by atoms with Gasteiger partial charge < -0.3 is 0 Å². The molecule has 138 valence electrons. The zero-order valence-electron chi connectivity index (χ0n) is 11.4. The molecule has 0 fully saturated rings. The van der Waals surface area contributed by atoms with Crippen LogP contribution in [0.4, 0.5) is 26.3 Å². The van der Waals surface area contributed by atoms with Gasteiger partial charge in [-0.15, -0.1) is 0 Å². The smallest absolute Gasteiger partial charge is 0.203 e. The van der Waals surface area contributed by atoms with Crippen molar-refractivity contribution in [2.45, 2.75) is 11.0 Å².